The summed E-state index contributed by atoms with van der Waals surface area (Å²) in [6.07, 6.45) is 4.38. The predicted molar refractivity (Wildman–Crippen MR) is 59.3 cm³/mol. The molecule has 0 radical (unpaired) electrons. The van der Waals surface area contributed by atoms with Crippen LogP contribution in [0, 0.1) is 0 Å². The topological polar surface area (TPSA) is 46.2 Å². The van der Waals surface area contributed by atoms with Gasteiger partial charge in [-0.1, -0.05) is 31.9 Å². The van der Waals surface area contributed by atoms with Crippen LogP contribution in [0.3, 0.4) is 0 Å². The third-order valence-electron chi connectivity index (χ3n) is 2.36. The van der Waals surface area contributed by atoms with Crippen molar-refractivity contribution in [1.82, 2.24) is 0 Å². The monoisotopic (exact) mass is 193 g/mol. The Hall–Kier alpha value is -1.02. The van der Waals surface area contributed by atoms with Gasteiger partial charge in [0.1, 0.15) is 5.75 Å². The zero-order valence-electron chi connectivity index (χ0n) is 8.74. The summed E-state index contributed by atoms with van der Waals surface area (Å²) in [6, 6.07) is 7.53. The van der Waals surface area contributed by atoms with E-state index in [1.807, 2.05) is 12.1 Å². The Balaban J connectivity index is 2.39. The molecule has 14 heavy (non-hydrogen) atoms. The lowest BCUT2D eigenvalue weighted by Gasteiger charge is -2.10. The van der Waals surface area contributed by atoms with Crippen LogP contribution < -0.4 is 5.73 Å². The van der Waals surface area contributed by atoms with Gasteiger partial charge in [0, 0.05) is 6.04 Å². The summed E-state index contributed by atoms with van der Waals surface area (Å²) in [5.74, 6) is 0.316. The van der Waals surface area contributed by atoms with Crippen molar-refractivity contribution in [1.29, 1.82) is 0 Å². The molecule has 0 aliphatic heterocycles. The quantitative estimate of drug-likeness (QED) is 0.754. The number of hydrogen-bond donors (Lipinski definition) is 2. The molecule has 1 aromatic carbocycles. The lowest BCUT2D eigenvalue weighted by atomic mass is 10.0. The summed E-state index contributed by atoms with van der Waals surface area (Å²) >= 11 is 0. The zero-order chi connectivity index (χ0) is 10.4. The minimum Gasteiger partial charge on any atom is -0.508 e. The predicted octanol–water partition coefficient (Wildman–Crippen LogP) is 2.45. The van der Waals surface area contributed by atoms with Crippen LogP contribution in [-0.2, 0) is 6.42 Å². The second kappa shape index (κ2) is 5.66. The van der Waals surface area contributed by atoms with Gasteiger partial charge in [-0.05, 0) is 30.5 Å². The normalized spacial score (nSPS) is 12.7. The number of phenols is 1. The maximum Gasteiger partial charge on any atom is 0.115 e. The van der Waals surface area contributed by atoms with Gasteiger partial charge in [-0.3, -0.25) is 0 Å². The fraction of sp³-hybridized carbons (Fsp3) is 0.500. The average molecular weight is 193 g/mol. The summed E-state index contributed by atoms with van der Waals surface area (Å²) in [5.41, 5.74) is 7.17. The van der Waals surface area contributed by atoms with Crippen molar-refractivity contribution in [3.8, 4) is 5.75 Å². The van der Waals surface area contributed by atoms with Gasteiger partial charge in [0.2, 0.25) is 0 Å². The van der Waals surface area contributed by atoms with E-state index < -0.39 is 0 Å². The van der Waals surface area contributed by atoms with Gasteiger partial charge in [0.15, 0.2) is 0 Å². The molecule has 0 unspecified atom stereocenters. The summed E-state index contributed by atoms with van der Waals surface area (Å²) in [5, 5.41) is 9.10. The molecule has 3 N–H and O–H groups in total. The first kappa shape index (κ1) is 11.1. The lowest BCUT2D eigenvalue weighted by molar-refractivity contribution is 0.475. The number of benzene rings is 1. The highest BCUT2D eigenvalue weighted by atomic mass is 16.3. The summed E-state index contributed by atoms with van der Waals surface area (Å²) in [6.45, 7) is 2.17. The highest BCUT2D eigenvalue weighted by Crippen LogP contribution is 2.12. The van der Waals surface area contributed by atoms with E-state index in [1.54, 1.807) is 12.1 Å². The summed E-state index contributed by atoms with van der Waals surface area (Å²) < 4.78 is 0. The van der Waals surface area contributed by atoms with Crippen LogP contribution in [0.5, 0.6) is 5.75 Å². The maximum absolute atomic E-state index is 9.10. The van der Waals surface area contributed by atoms with E-state index in [9.17, 15) is 0 Å². The molecule has 1 rings (SSSR count). The van der Waals surface area contributed by atoms with Crippen molar-refractivity contribution in [3.05, 3.63) is 29.8 Å². The number of unbranched alkanes of at least 4 members (excludes halogenated alkanes) is 1. The molecule has 0 aliphatic rings. The molecule has 0 amide bonds. The van der Waals surface area contributed by atoms with Crippen LogP contribution in [0.4, 0.5) is 0 Å². The largest absolute Gasteiger partial charge is 0.508 e. The van der Waals surface area contributed by atoms with E-state index in [1.165, 1.54) is 18.4 Å². The Labute approximate surface area is 85.8 Å². The van der Waals surface area contributed by atoms with Crippen LogP contribution in [0.1, 0.15) is 31.7 Å². The maximum atomic E-state index is 9.10. The SMILES string of the molecule is CCCC[C@@H](N)Cc1ccc(O)cc1. The number of rotatable bonds is 5. The number of aromatic hydroxyl groups is 1. The van der Waals surface area contributed by atoms with Gasteiger partial charge >= 0.3 is 0 Å². The van der Waals surface area contributed by atoms with Crippen LogP contribution >= 0.6 is 0 Å². The third-order valence-corrected chi connectivity index (χ3v) is 2.36. The zero-order valence-corrected chi connectivity index (χ0v) is 8.74. The van der Waals surface area contributed by atoms with Crippen LogP contribution in [0.2, 0.25) is 0 Å². The van der Waals surface area contributed by atoms with Crippen molar-refractivity contribution in [2.24, 2.45) is 5.73 Å². The molecule has 2 heteroatoms. The lowest BCUT2D eigenvalue weighted by Crippen LogP contribution is -2.22. The van der Waals surface area contributed by atoms with Gasteiger partial charge in [0.05, 0.1) is 0 Å². The molecule has 0 fully saturated rings. The first-order valence-electron chi connectivity index (χ1n) is 5.26. The smallest absolute Gasteiger partial charge is 0.115 e. The Kier molecular flexibility index (Phi) is 4.47. The van der Waals surface area contributed by atoms with Crippen molar-refractivity contribution >= 4 is 0 Å². The molecule has 0 spiro atoms. The number of hydrogen-bond acceptors (Lipinski definition) is 2. The highest BCUT2D eigenvalue weighted by molar-refractivity contribution is 5.26. The van der Waals surface area contributed by atoms with Crippen molar-refractivity contribution in [3.63, 3.8) is 0 Å². The van der Waals surface area contributed by atoms with Crippen molar-refractivity contribution < 1.29 is 5.11 Å². The van der Waals surface area contributed by atoms with E-state index in [4.69, 9.17) is 10.8 Å². The second-order valence-corrected chi connectivity index (χ2v) is 3.77. The van der Waals surface area contributed by atoms with Gasteiger partial charge < -0.3 is 10.8 Å². The molecule has 78 valence electrons. The summed E-state index contributed by atoms with van der Waals surface area (Å²) in [7, 11) is 0. The Morgan fingerprint density at radius 3 is 2.50 bits per heavy atom. The van der Waals surface area contributed by atoms with Crippen molar-refractivity contribution in [2.45, 2.75) is 38.6 Å². The fourth-order valence-corrected chi connectivity index (χ4v) is 1.50. The molecule has 0 saturated heterocycles. The van der Waals surface area contributed by atoms with Gasteiger partial charge in [0.25, 0.3) is 0 Å². The van der Waals surface area contributed by atoms with Crippen LogP contribution in [0.15, 0.2) is 24.3 Å². The van der Waals surface area contributed by atoms with Gasteiger partial charge in [-0.25, -0.2) is 0 Å². The van der Waals surface area contributed by atoms with Crippen molar-refractivity contribution in [2.75, 3.05) is 0 Å². The van der Waals surface area contributed by atoms with E-state index in [2.05, 4.69) is 6.92 Å². The van der Waals surface area contributed by atoms with Crippen LogP contribution in [-0.4, -0.2) is 11.1 Å². The molecular weight excluding hydrogens is 174 g/mol. The standard InChI is InChI=1S/C12H19NO/c1-2-3-4-11(13)9-10-5-7-12(14)8-6-10/h5-8,11,14H,2-4,9,13H2,1H3/t11-/m1/s1. The Bertz CT molecular complexity index is 256. The van der Waals surface area contributed by atoms with E-state index in [-0.39, 0.29) is 6.04 Å². The highest BCUT2D eigenvalue weighted by Gasteiger charge is 2.03. The Morgan fingerprint density at radius 1 is 1.29 bits per heavy atom. The van der Waals surface area contributed by atoms with Gasteiger partial charge in [-0.2, -0.15) is 0 Å². The molecule has 1 aromatic rings. The molecule has 0 bridgehead atoms. The first-order chi connectivity index (χ1) is 6.72. The minimum absolute atomic E-state index is 0.250. The molecule has 0 saturated carbocycles. The molecule has 0 heterocycles. The fourth-order valence-electron chi connectivity index (χ4n) is 1.50. The second-order valence-electron chi connectivity index (χ2n) is 3.77. The molecule has 0 aromatic heterocycles. The van der Waals surface area contributed by atoms with E-state index in [0.29, 0.717) is 5.75 Å². The number of phenolic OH excluding ortho intramolecular Hbond substituents is 1. The molecular formula is C12H19NO. The Morgan fingerprint density at radius 2 is 1.93 bits per heavy atom. The van der Waals surface area contributed by atoms with E-state index in [0.717, 1.165) is 12.8 Å². The third kappa shape index (κ3) is 3.79. The van der Waals surface area contributed by atoms with Crippen LogP contribution in [0.25, 0.3) is 0 Å². The average Bonchev–Trinajstić information content (AvgIpc) is 2.18. The minimum atomic E-state index is 0.250. The van der Waals surface area contributed by atoms with E-state index >= 15 is 0 Å². The molecule has 1 atom stereocenters. The first-order valence-corrected chi connectivity index (χ1v) is 5.26. The molecule has 0 aliphatic carbocycles. The molecule has 2 nitrogen and oxygen atoms in total. The van der Waals surface area contributed by atoms with Gasteiger partial charge in [-0.15, -0.1) is 0 Å². The summed E-state index contributed by atoms with van der Waals surface area (Å²) in [4.78, 5) is 0. The number of nitrogens with two attached hydrogens (primary N) is 1.